The molecule has 1 nitrogen and oxygen atoms in total. The van der Waals surface area contributed by atoms with Crippen molar-refractivity contribution >= 4 is 8.32 Å². The fourth-order valence-corrected chi connectivity index (χ4v) is 2.79. The Hall–Kier alpha value is 0.177. The van der Waals surface area contributed by atoms with Gasteiger partial charge in [0.05, 0.1) is 0 Å². The smallest absolute Gasteiger partial charge is 0.231 e. The van der Waals surface area contributed by atoms with E-state index < -0.39 is 8.32 Å². The van der Waals surface area contributed by atoms with E-state index in [9.17, 15) is 4.80 Å². The molecule has 85 valence electrons. The molecule has 0 atom stereocenters. The second kappa shape index (κ2) is 8.48. The molecule has 0 amide bonds. The van der Waals surface area contributed by atoms with Gasteiger partial charge in [-0.15, -0.1) is 0 Å². The molecule has 0 aromatic carbocycles. The Kier molecular flexibility index (Phi) is 8.59. The molecular weight excluding hydrogens is 188 g/mol. The average molecular weight is 215 g/mol. The largest absolute Gasteiger partial charge is 0.298 e. The molecule has 14 heavy (non-hydrogen) atoms. The van der Waals surface area contributed by atoms with E-state index >= 15 is 0 Å². The van der Waals surface area contributed by atoms with E-state index in [1.807, 2.05) is 13.1 Å². The maximum absolute atomic E-state index is 11.4. The standard InChI is InChI=1S/C12H27OSi/c1-4-5-6-7-8-9-10-11-12-14(2,3)13/h4-12H2,1-3H3. The Morgan fingerprint density at radius 1 is 0.786 bits per heavy atom. The van der Waals surface area contributed by atoms with Crippen LogP contribution in [0.15, 0.2) is 0 Å². The summed E-state index contributed by atoms with van der Waals surface area (Å²) in [6.45, 7) is 6.10. The molecule has 0 bridgehead atoms. The van der Waals surface area contributed by atoms with E-state index in [1.165, 1.54) is 51.4 Å². The summed E-state index contributed by atoms with van der Waals surface area (Å²) in [4.78, 5) is 11.4. The number of hydrogen-bond acceptors (Lipinski definition) is 0. The highest BCUT2D eigenvalue weighted by Gasteiger charge is 2.18. The second-order valence-corrected chi connectivity index (χ2v) is 9.00. The minimum absolute atomic E-state index is 0.974. The summed E-state index contributed by atoms with van der Waals surface area (Å²) in [5.41, 5.74) is 0. The summed E-state index contributed by atoms with van der Waals surface area (Å²) in [7, 11) is -1.99. The minimum atomic E-state index is -1.99. The van der Waals surface area contributed by atoms with E-state index in [1.54, 1.807) is 0 Å². The van der Waals surface area contributed by atoms with E-state index in [2.05, 4.69) is 6.92 Å². The third-order valence-corrected chi connectivity index (χ3v) is 4.19. The van der Waals surface area contributed by atoms with Gasteiger partial charge < -0.3 is 0 Å². The van der Waals surface area contributed by atoms with Crippen LogP contribution in [0, 0.1) is 0 Å². The lowest BCUT2D eigenvalue weighted by Crippen LogP contribution is -2.21. The molecule has 0 rings (SSSR count). The Morgan fingerprint density at radius 3 is 1.64 bits per heavy atom. The van der Waals surface area contributed by atoms with Crippen LogP contribution < -0.4 is 0 Å². The van der Waals surface area contributed by atoms with E-state index in [0.29, 0.717) is 0 Å². The van der Waals surface area contributed by atoms with Gasteiger partial charge in [0.25, 0.3) is 0 Å². The van der Waals surface area contributed by atoms with Crippen LogP contribution in [0.3, 0.4) is 0 Å². The first-order valence-electron chi connectivity index (χ1n) is 6.26. The van der Waals surface area contributed by atoms with Crippen LogP contribution in [0.4, 0.5) is 0 Å². The highest BCUT2D eigenvalue weighted by molar-refractivity contribution is 6.69. The van der Waals surface area contributed by atoms with E-state index in [0.717, 1.165) is 6.04 Å². The monoisotopic (exact) mass is 215 g/mol. The lowest BCUT2D eigenvalue weighted by atomic mass is 10.1. The third-order valence-electron chi connectivity index (χ3n) is 2.63. The molecule has 0 aliphatic carbocycles. The molecule has 1 radical (unpaired) electrons. The summed E-state index contributed by atoms with van der Waals surface area (Å²) in [6, 6.07) is 0.974. The zero-order valence-electron chi connectivity index (χ0n) is 10.3. The number of rotatable bonds is 9. The van der Waals surface area contributed by atoms with Gasteiger partial charge in [-0.05, 0) is 19.1 Å². The highest BCUT2D eigenvalue weighted by Crippen LogP contribution is 2.14. The number of unbranched alkanes of at least 4 members (excludes halogenated alkanes) is 7. The Balaban J connectivity index is 2.99. The molecule has 0 aromatic rings. The molecule has 0 saturated carbocycles. The topological polar surface area (TPSA) is 19.9 Å². The van der Waals surface area contributed by atoms with Gasteiger partial charge in [-0.1, -0.05) is 58.3 Å². The average Bonchev–Trinajstić information content (AvgIpc) is 2.08. The zero-order valence-corrected chi connectivity index (χ0v) is 11.3. The van der Waals surface area contributed by atoms with Crippen molar-refractivity contribution in [3.05, 3.63) is 0 Å². The van der Waals surface area contributed by atoms with Crippen molar-refractivity contribution in [1.82, 2.24) is 0 Å². The molecule has 0 spiro atoms. The maximum Gasteiger partial charge on any atom is 0.231 e. The van der Waals surface area contributed by atoms with Crippen LogP contribution >= 0.6 is 0 Å². The van der Waals surface area contributed by atoms with Gasteiger partial charge in [-0.3, -0.25) is 4.80 Å². The summed E-state index contributed by atoms with van der Waals surface area (Å²) >= 11 is 0. The number of hydrogen-bond donors (Lipinski definition) is 0. The zero-order chi connectivity index (χ0) is 10.9. The summed E-state index contributed by atoms with van der Waals surface area (Å²) in [6.07, 6.45) is 10.7. The van der Waals surface area contributed by atoms with Crippen molar-refractivity contribution in [2.75, 3.05) is 0 Å². The summed E-state index contributed by atoms with van der Waals surface area (Å²) in [5.74, 6) is 0. The van der Waals surface area contributed by atoms with Crippen LogP contribution in [-0.2, 0) is 4.80 Å². The van der Waals surface area contributed by atoms with Gasteiger partial charge in [-0.25, -0.2) is 0 Å². The van der Waals surface area contributed by atoms with Crippen molar-refractivity contribution in [2.45, 2.75) is 77.4 Å². The van der Waals surface area contributed by atoms with Crippen LogP contribution in [0.2, 0.25) is 19.1 Å². The lowest BCUT2D eigenvalue weighted by Gasteiger charge is -2.09. The van der Waals surface area contributed by atoms with Crippen LogP contribution in [0.5, 0.6) is 0 Å². The fourth-order valence-electron chi connectivity index (χ4n) is 1.68. The van der Waals surface area contributed by atoms with Gasteiger partial charge in [0, 0.05) is 0 Å². The third kappa shape index (κ3) is 12.2. The van der Waals surface area contributed by atoms with Crippen molar-refractivity contribution in [3.8, 4) is 0 Å². The molecule has 2 heteroatoms. The van der Waals surface area contributed by atoms with E-state index in [4.69, 9.17) is 0 Å². The predicted molar refractivity (Wildman–Crippen MR) is 65.6 cm³/mol. The van der Waals surface area contributed by atoms with Crippen molar-refractivity contribution in [2.24, 2.45) is 0 Å². The molecule has 0 aliphatic rings. The first kappa shape index (κ1) is 14.2. The summed E-state index contributed by atoms with van der Waals surface area (Å²) in [5, 5.41) is 0. The molecule has 0 N–H and O–H groups in total. The van der Waals surface area contributed by atoms with Gasteiger partial charge in [0.1, 0.15) is 0 Å². The first-order valence-corrected chi connectivity index (χ1v) is 9.38. The molecule has 0 aliphatic heterocycles. The second-order valence-electron chi connectivity index (χ2n) is 4.98. The molecule has 0 unspecified atom stereocenters. The fraction of sp³-hybridized carbons (Fsp3) is 1.00. The summed E-state index contributed by atoms with van der Waals surface area (Å²) < 4.78 is 0. The van der Waals surface area contributed by atoms with Crippen molar-refractivity contribution < 1.29 is 4.80 Å². The first-order chi connectivity index (χ1) is 6.56. The quantitative estimate of drug-likeness (QED) is 0.390. The highest BCUT2D eigenvalue weighted by atomic mass is 28.4. The normalized spacial score (nSPS) is 12.0. The van der Waals surface area contributed by atoms with E-state index in [-0.39, 0.29) is 0 Å². The molecule has 0 fully saturated rings. The van der Waals surface area contributed by atoms with Gasteiger partial charge in [0.15, 0.2) is 0 Å². The van der Waals surface area contributed by atoms with Gasteiger partial charge in [-0.2, -0.15) is 0 Å². The van der Waals surface area contributed by atoms with Crippen molar-refractivity contribution in [1.29, 1.82) is 0 Å². The van der Waals surface area contributed by atoms with Gasteiger partial charge >= 0.3 is 0 Å². The molecular formula is C12H27OSi. The Bertz CT molecular complexity index is 118. The molecule has 0 aromatic heterocycles. The molecule has 0 saturated heterocycles. The molecule has 0 heterocycles. The van der Waals surface area contributed by atoms with Gasteiger partial charge in [0.2, 0.25) is 8.32 Å². The van der Waals surface area contributed by atoms with Crippen LogP contribution in [-0.4, -0.2) is 8.32 Å². The Labute approximate surface area is 91.1 Å². The Morgan fingerprint density at radius 2 is 1.21 bits per heavy atom. The maximum atomic E-state index is 11.4. The van der Waals surface area contributed by atoms with Crippen LogP contribution in [0.1, 0.15) is 58.3 Å². The lowest BCUT2D eigenvalue weighted by molar-refractivity contribution is 0.423. The predicted octanol–water partition coefficient (Wildman–Crippen LogP) is 4.76. The minimum Gasteiger partial charge on any atom is -0.298 e. The SMILES string of the molecule is CCCCCCCCCC[Si](C)(C)[O]. The van der Waals surface area contributed by atoms with Crippen molar-refractivity contribution in [3.63, 3.8) is 0 Å². The van der Waals surface area contributed by atoms with Crippen LogP contribution in [0.25, 0.3) is 0 Å².